The number of hydrogen-bond acceptors (Lipinski definition) is 15. The average molecular weight is 716 g/mol. The van der Waals surface area contributed by atoms with E-state index in [0.29, 0.717) is 41.9 Å². The highest BCUT2D eigenvalue weighted by molar-refractivity contribution is 7.32. The van der Waals surface area contributed by atoms with Crippen LogP contribution < -0.4 is 5.32 Å². The lowest BCUT2D eigenvalue weighted by molar-refractivity contribution is -0.0436. The molecule has 19 nitrogen and oxygen atoms in total. The van der Waals surface area contributed by atoms with Crippen LogP contribution in [0.4, 0.5) is 14.6 Å². The molecule has 0 aliphatic carbocycles. The fourth-order valence-electron chi connectivity index (χ4n) is 5.60. The summed E-state index contributed by atoms with van der Waals surface area (Å²) in [5.74, 6) is 0.354. The van der Waals surface area contributed by atoms with E-state index in [9.17, 15) is 19.3 Å². The Bertz CT molecular complexity index is 1690. The summed E-state index contributed by atoms with van der Waals surface area (Å²) < 4.78 is 75.8. The molecule has 0 saturated carbocycles. The first-order valence-corrected chi connectivity index (χ1v) is 16.7. The van der Waals surface area contributed by atoms with Crippen LogP contribution in [-0.2, 0) is 34.1 Å². The van der Waals surface area contributed by atoms with Crippen LogP contribution in [0, 0.1) is 0 Å². The van der Waals surface area contributed by atoms with Gasteiger partial charge >= 0.3 is 16.5 Å². The minimum atomic E-state index is -3.13. The Labute approximate surface area is 270 Å². The summed E-state index contributed by atoms with van der Waals surface area (Å²) in [5.41, 5.74) is 1.81. The van der Waals surface area contributed by atoms with Gasteiger partial charge in [-0.05, 0) is 12.8 Å². The molecular weight excluding hydrogens is 686 g/mol. The van der Waals surface area contributed by atoms with Gasteiger partial charge in [-0.2, -0.15) is 0 Å². The van der Waals surface area contributed by atoms with E-state index in [1.807, 2.05) is 12.2 Å². The molecule has 256 valence electrons. The number of hydrogen-bond donors (Lipinski definition) is 5. The van der Waals surface area contributed by atoms with Gasteiger partial charge in [0.2, 0.25) is 0 Å². The first-order chi connectivity index (χ1) is 23.2. The Morgan fingerprint density at radius 2 is 1.35 bits per heavy atom. The highest BCUT2D eigenvalue weighted by Gasteiger charge is 2.52. The number of nitrogens with one attached hydrogen (secondary N) is 1. The molecule has 23 heteroatoms. The molecule has 5 N–H and O–H groups in total. The van der Waals surface area contributed by atoms with Crippen LogP contribution in [0.25, 0.3) is 22.3 Å². The Morgan fingerprint density at radius 3 is 1.92 bits per heavy atom. The number of aryl methyl sites for hydroxylation is 1. The second-order valence-corrected chi connectivity index (χ2v) is 12.0. The second-order valence-electron chi connectivity index (χ2n) is 10.6. The van der Waals surface area contributed by atoms with Gasteiger partial charge in [0.25, 0.3) is 0 Å². The molecule has 4 aromatic rings. The topological polar surface area (TPSA) is 251 Å². The van der Waals surface area contributed by atoms with E-state index in [1.165, 1.54) is 34.4 Å². The number of allylic oxidation sites excluding steroid dienone is 1. The van der Waals surface area contributed by atoms with Crippen molar-refractivity contribution in [2.75, 3.05) is 25.1 Å². The average Bonchev–Trinajstić information content (AvgIpc) is 3.83. The fourth-order valence-corrected chi connectivity index (χ4v) is 6.52. The van der Waals surface area contributed by atoms with Crippen molar-refractivity contribution in [3.63, 3.8) is 0 Å². The number of aromatic nitrogens is 8. The van der Waals surface area contributed by atoms with Crippen LogP contribution in [0.15, 0.2) is 37.5 Å². The van der Waals surface area contributed by atoms with Crippen molar-refractivity contribution in [2.24, 2.45) is 0 Å². The van der Waals surface area contributed by atoms with Gasteiger partial charge in [-0.1, -0.05) is 12.2 Å². The van der Waals surface area contributed by atoms with Crippen LogP contribution in [-0.4, -0.2) is 116 Å². The standard InChI is InChI=1S/C25H27F2N9O10P2/c26-15-19(45-47(39)40)13(6-37)43-24(15)35-10-33-17-12(29-8-31-22(17)35)4-2-1-3-5-28-21-18-23(32-9-30-21)36(11-34-18)25-16(27)20(46-48(41)42)14(7-38)44-25/h1,3,8-11,13-16,19-20,24-25,37-38H,2,4-7H2,(H-2,28,30,32,39,40,41,42)/p+2/b3-1+/t13-,14-,15-,16-,19-,20-,24-,25-/m1/s1. The Morgan fingerprint density at radius 1 is 0.812 bits per heavy atom. The number of nitrogens with zero attached hydrogens (tertiary/aromatic N) is 8. The summed E-state index contributed by atoms with van der Waals surface area (Å²) >= 11 is 0. The Kier molecular flexibility index (Phi) is 10.6. The minimum Gasteiger partial charge on any atom is -0.394 e. The van der Waals surface area contributed by atoms with E-state index in [1.54, 1.807) is 0 Å². The fraction of sp³-hybridized carbons (Fsp3) is 0.520. The molecule has 0 amide bonds. The van der Waals surface area contributed by atoms with Crippen molar-refractivity contribution in [3.05, 3.63) is 43.2 Å². The van der Waals surface area contributed by atoms with Crippen molar-refractivity contribution in [1.29, 1.82) is 0 Å². The monoisotopic (exact) mass is 715 g/mol. The molecule has 6 rings (SSSR count). The maximum atomic E-state index is 15.2. The van der Waals surface area contributed by atoms with Crippen LogP contribution in [0.2, 0.25) is 0 Å². The third kappa shape index (κ3) is 6.79. The summed E-state index contributed by atoms with van der Waals surface area (Å²) in [4.78, 5) is 43.6. The number of imidazole rings is 2. The molecule has 2 unspecified atom stereocenters. The van der Waals surface area contributed by atoms with Gasteiger partial charge in [-0.15, -0.1) is 18.8 Å². The highest BCUT2D eigenvalue weighted by Crippen LogP contribution is 2.40. The predicted octanol–water partition coefficient (Wildman–Crippen LogP) is 1.09. The summed E-state index contributed by atoms with van der Waals surface area (Å²) in [7, 11) is -6.25. The summed E-state index contributed by atoms with van der Waals surface area (Å²) in [6, 6.07) is 0. The van der Waals surface area contributed by atoms with Gasteiger partial charge in [0, 0.05) is 15.7 Å². The molecule has 6 heterocycles. The molecule has 0 bridgehead atoms. The number of ether oxygens (including phenoxy) is 2. The predicted molar refractivity (Wildman–Crippen MR) is 158 cm³/mol. The summed E-state index contributed by atoms with van der Waals surface area (Å²) in [5, 5.41) is 22.2. The van der Waals surface area contributed by atoms with E-state index >= 15 is 8.78 Å². The van der Waals surface area contributed by atoms with Gasteiger partial charge in [-0.3, -0.25) is 9.13 Å². The summed E-state index contributed by atoms with van der Waals surface area (Å²) in [6.07, 6.45) is -1.79. The van der Waals surface area contributed by atoms with E-state index in [2.05, 4.69) is 35.2 Å². The third-order valence-corrected chi connectivity index (χ3v) is 8.61. The largest absolute Gasteiger partial charge is 0.695 e. The van der Waals surface area contributed by atoms with Crippen LogP contribution in [0.3, 0.4) is 0 Å². The molecule has 4 aromatic heterocycles. The first-order valence-electron chi connectivity index (χ1n) is 14.4. The van der Waals surface area contributed by atoms with Crippen LogP contribution in [0.5, 0.6) is 0 Å². The van der Waals surface area contributed by atoms with E-state index in [-0.39, 0.29) is 11.3 Å². The number of anilines is 1. The lowest BCUT2D eigenvalue weighted by Gasteiger charge is -2.15. The zero-order chi connectivity index (χ0) is 33.9. The van der Waals surface area contributed by atoms with Gasteiger partial charge in [0.1, 0.15) is 30.4 Å². The maximum absolute atomic E-state index is 15.2. The number of halogens is 2. The van der Waals surface area contributed by atoms with E-state index in [4.69, 9.17) is 28.3 Å². The van der Waals surface area contributed by atoms with Gasteiger partial charge in [0.15, 0.2) is 59.6 Å². The van der Waals surface area contributed by atoms with Crippen molar-refractivity contribution < 1.29 is 56.4 Å². The van der Waals surface area contributed by atoms with Crippen molar-refractivity contribution in [3.8, 4) is 0 Å². The Balaban J connectivity index is 1.07. The highest BCUT2D eigenvalue weighted by atomic mass is 31.1. The number of fused-ring (bicyclic) bond motifs is 2. The van der Waals surface area contributed by atoms with Crippen LogP contribution in [0.1, 0.15) is 24.6 Å². The number of rotatable bonds is 14. The normalized spacial score (nSPS) is 28.2. The zero-order valence-electron chi connectivity index (χ0n) is 24.6. The third-order valence-electron chi connectivity index (χ3n) is 7.76. The first kappa shape index (κ1) is 34.3. The zero-order valence-corrected chi connectivity index (χ0v) is 26.4. The van der Waals surface area contributed by atoms with Crippen molar-refractivity contribution in [1.82, 2.24) is 39.0 Å². The van der Waals surface area contributed by atoms with E-state index < -0.39 is 78.9 Å². The van der Waals surface area contributed by atoms with Gasteiger partial charge in [0.05, 0.1) is 31.6 Å². The van der Waals surface area contributed by atoms with Gasteiger partial charge in [-0.25, -0.2) is 38.7 Å². The molecule has 2 aliphatic heterocycles. The lowest BCUT2D eigenvalue weighted by atomic mass is 10.1. The quantitative estimate of drug-likeness (QED) is 0.0905. The van der Waals surface area contributed by atoms with E-state index in [0.717, 1.165) is 0 Å². The number of aliphatic hydroxyl groups is 2. The van der Waals surface area contributed by atoms with Crippen molar-refractivity contribution in [2.45, 2.75) is 62.1 Å². The molecule has 0 aromatic carbocycles. The summed E-state index contributed by atoms with van der Waals surface area (Å²) in [6.45, 7) is -0.931. The minimum absolute atomic E-state index is 0.225. The second kappa shape index (κ2) is 14.9. The smallest absolute Gasteiger partial charge is 0.394 e. The molecule has 2 saturated heterocycles. The number of alkyl halides is 2. The molecule has 10 atom stereocenters. The van der Waals surface area contributed by atoms with Crippen LogP contribution >= 0.6 is 16.5 Å². The van der Waals surface area contributed by atoms with Crippen molar-refractivity contribution >= 4 is 44.7 Å². The Hall–Kier alpha value is -3.62. The SMILES string of the molecule is O=[P+](O)O[C@H]1[C@@H](F)[C@H](n2cnc3c(CC/C=C/CNc4ncnc5c4ncn5[C@@H]4O[C@H](CO)[C@@H](O[P+](=O)O)[C@H]4F)ncnc32)O[C@@H]1CO. The molecule has 0 spiro atoms. The molecule has 2 fully saturated rings. The lowest BCUT2D eigenvalue weighted by Crippen LogP contribution is -2.32. The van der Waals surface area contributed by atoms with Gasteiger partial charge < -0.3 is 25.0 Å². The maximum Gasteiger partial charge on any atom is 0.695 e. The molecule has 2 aliphatic rings. The number of aliphatic hydroxyl groups excluding tert-OH is 2. The molecule has 0 radical (unpaired) electrons. The molecular formula is C25H29F2N9O10P2+2. The molecule has 48 heavy (non-hydrogen) atoms.